The van der Waals surface area contributed by atoms with Crippen molar-refractivity contribution in [1.29, 1.82) is 5.26 Å². The van der Waals surface area contributed by atoms with E-state index < -0.39 is 0 Å². The second-order valence-corrected chi connectivity index (χ2v) is 3.80. The van der Waals surface area contributed by atoms with E-state index in [1.165, 1.54) is 32.4 Å². The van der Waals surface area contributed by atoms with Gasteiger partial charge in [-0.25, -0.2) is 0 Å². The number of hydrogen-bond acceptors (Lipinski definition) is 2. The van der Waals surface area contributed by atoms with Crippen molar-refractivity contribution in [3.05, 3.63) is 0 Å². The minimum absolute atomic E-state index is 0.457. The number of nitrogens with zero attached hydrogens (tertiary/aromatic N) is 1. The molecular weight excluding hydrogens is 188 g/mol. The zero-order valence-corrected chi connectivity index (χ0v) is 9.22. The van der Waals surface area contributed by atoms with E-state index in [0.29, 0.717) is 19.6 Å². The van der Waals surface area contributed by atoms with E-state index in [9.17, 15) is 0 Å². The average molecular weight is 207 g/mol. The maximum absolute atomic E-state index is 8.27. The molecule has 0 aromatic heterocycles. The van der Waals surface area contributed by atoms with E-state index in [4.69, 9.17) is 10.00 Å². The van der Waals surface area contributed by atoms with Gasteiger partial charge in [-0.2, -0.15) is 5.26 Å². The van der Waals surface area contributed by atoms with Crippen LogP contribution in [0.5, 0.6) is 0 Å². The second kappa shape index (κ2) is 8.29. The molecule has 0 unspecified atom stereocenters. The van der Waals surface area contributed by atoms with Crippen LogP contribution in [0.1, 0.15) is 25.7 Å². The molecular formula is C12H19N2O+. The van der Waals surface area contributed by atoms with Crippen molar-refractivity contribution < 1.29 is 9.64 Å². The molecule has 1 N–H and O–H groups in total. The summed E-state index contributed by atoms with van der Waals surface area (Å²) in [5.74, 6) is 6.13. The highest BCUT2D eigenvalue weighted by Crippen LogP contribution is 1.93. The van der Waals surface area contributed by atoms with Crippen LogP contribution in [0.4, 0.5) is 0 Å². The third-order valence-electron chi connectivity index (χ3n) is 2.56. The lowest BCUT2D eigenvalue weighted by atomic mass is 10.1. The molecule has 1 saturated heterocycles. The molecule has 3 heteroatoms. The Bertz CT molecular complexity index is 253. The Balaban J connectivity index is 1.98. The topological polar surface area (TPSA) is 37.5 Å². The van der Waals surface area contributed by atoms with E-state index in [0.717, 1.165) is 6.54 Å². The van der Waals surface area contributed by atoms with E-state index >= 15 is 0 Å². The molecule has 82 valence electrons. The van der Waals surface area contributed by atoms with Crippen molar-refractivity contribution in [2.45, 2.75) is 25.7 Å². The number of nitriles is 1. The van der Waals surface area contributed by atoms with Gasteiger partial charge in [0.15, 0.2) is 0 Å². The molecule has 0 radical (unpaired) electrons. The molecule has 0 aromatic rings. The fourth-order valence-corrected chi connectivity index (χ4v) is 1.71. The molecule has 0 saturated carbocycles. The van der Waals surface area contributed by atoms with Gasteiger partial charge in [-0.3, -0.25) is 0 Å². The normalized spacial score (nSPS) is 16.5. The molecule has 1 heterocycles. The Kier molecular flexibility index (Phi) is 6.66. The third kappa shape index (κ3) is 6.12. The largest absolute Gasteiger partial charge is 0.368 e. The summed E-state index contributed by atoms with van der Waals surface area (Å²) in [6.07, 6.45) is 4.53. The highest BCUT2D eigenvalue weighted by atomic mass is 16.5. The number of rotatable bonds is 4. The predicted molar refractivity (Wildman–Crippen MR) is 58.2 cm³/mol. The number of ether oxygens (including phenoxy) is 1. The monoisotopic (exact) mass is 207 g/mol. The van der Waals surface area contributed by atoms with E-state index in [1.54, 1.807) is 4.90 Å². The van der Waals surface area contributed by atoms with Crippen LogP contribution in [-0.2, 0) is 4.74 Å². The summed E-state index contributed by atoms with van der Waals surface area (Å²) in [5.41, 5.74) is 0. The van der Waals surface area contributed by atoms with Crippen LogP contribution in [0.2, 0.25) is 0 Å². The Morgan fingerprint density at radius 3 is 2.67 bits per heavy atom. The van der Waals surface area contributed by atoms with Crippen molar-refractivity contribution in [1.82, 2.24) is 0 Å². The summed E-state index contributed by atoms with van der Waals surface area (Å²) >= 11 is 0. The summed E-state index contributed by atoms with van der Waals surface area (Å²) in [6, 6.07) is 2.03. The van der Waals surface area contributed by atoms with E-state index in [1.807, 2.05) is 6.07 Å². The minimum Gasteiger partial charge on any atom is -0.368 e. The average Bonchev–Trinajstić information content (AvgIpc) is 2.29. The molecule has 0 spiro atoms. The van der Waals surface area contributed by atoms with Crippen LogP contribution in [0.25, 0.3) is 0 Å². The Morgan fingerprint density at radius 1 is 1.13 bits per heavy atom. The number of nitrogens with one attached hydrogen (secondary N) is 1. The molecule has 0 aliphatic carbocycles. The molecule has 0 amide bonds. The van der Waals surface area contributed by atoms with Crippen LogP contribution in [-0.4, -0.2) is 32.8 Å². The lowest BCUT2D eigenvalue weighted by Crippen LogP contribution is -3.12. The van der Waals surface area contributed by atoms with Gasteiger partial charge in [0.1, 0.15) is 13.2 Å². The van der Waals surface area contributed by atoms with Crippen LogP contribution in [0, 0.1) is 23.2 Å². The minimum atomic E-state index is 0.457. The standard InChI is InChI=1S/C12H18N2O/c13-7-6-12-15-11-5-4-10-14-8-2-1-3-9-14/h1-3,6,8-12H2/p+1. The van der Waals surface area contributed by atoms with Crippen molar-refractivity contribution >= 4 is 0 Å². The van der Waals surface area contributed by atoms with Crippen LogP contribution in [0.15, 0.2) is 0 Å². The van der Waals surface area contributed by atoms with Crippen LogP contribution in [0.3, 0.4) is 0 Å². The first kappa shape index (κ1) is 12.0. The zero-order chi connectivity index (χ0) is 10.8. The zero-order valence-electron chi connectivity index (χ0n) is 9.22. The van der Waals surface area contributed by atoms with Crippen LogP contribution >= 0.6 is 0 Å². The first-order valence-corrected chi connectivity index (χ1v) is 5.67. The number of quaternary nitrogens is 1. The van der Waals surface area contributed by atoms with Gasteiger partial charge in [-0.1, -0.05) is 5.92 Å². The summed E-state index contributed by atoms with van der Waals surface area (Å²) in [5, 5.41) is 8.27. The summed E-state index contributed by atoms with van der Waals surface area (Å²) in [4.78, 5) is 1.60. The van der Waals surface area contributed by atoms with Gasteiger partial charge in [0.05, 0.1) is 32.2 Å². The lowest BCUT2D eigenvalue weighted by molar-refractivity contribution is -0.897. The molecule has 15 heavy (non-hydrogen) atoms. The van der Waals surface area contributed by atoms with Gasteiger partial charge in [-0.15, -0.1) is 0 Å². The SMILES string of the molecule is N#CCCOCC#CC[NH+]1CCCCC1. The van der Waals surface area contributed by atoms with Crippen molar-refractivity contribution in [3.8, 4) is 17.9 Å². The van der Waals surface area contributed by atoms with Crippen molar-refractivity contribution in [3.63, 3.8) is 0 Å². The van der Waals surface area contributed by atoms with Crippen LogP contribution < -0.4 is 4.90 Å². The van der Waals surface area contributed by atoms with E-state index in [-0.39, 0.29) is 0 Å². The quantitative estimate of drug-likeness (QED) is 0.520. The van der Waals surface area contributed by atoms with Gasteiger partial charge in [0.2, 0.25) is 0 Å². The number of piperidine rings is 1. The molecule has 1 fully saturated rings. The smallest absolute Gasteiger partial charge is 0.139 e. The van der Waals surface area contributed by atoms with Gasteiger partial charge in [0.25, 0.3) is 0 Å². The highest BCUT2D eigenvalue weighted by molar-refractivity contribution is 4.98. The molecule has 1 rings (SSSR count). The molecule has 0 bridgehead atoms. The number of hydrogen-bond donors (Lipinski definition) is 1. The molecule has 1 aliphatic heterocycles. The Morgan fingerprint density at radius 2 is 1.93 bits per heavy atom. The van der Waals surface area contributed by atoms with Gasteiger partial charge >= 0.3 is 0 Å². The van der Waals surface area contributed by atoms with E-state index in [2.05, 4.69) is 11.8 Å². The summed E-state index contributed by atoms with van der Waals surface area (Å²) in [6.45, 7) is 4.45. The fourth-order valence-electron chi connectivity index (χ4n) is 1.71. The van der Waals surface area contributed by atoms with Gasteiger partial charge in [0, 0.05) is 0 Å². The highest BCUT2D eigenvalue weighted by Gasteiger charge is 2.10. The molecule has 0 atom stereocenters. The lowest BCUT2D eigenvalue weighted by Gasteiger charge is -2.20. The van der Waals surface area contributed by atoms with Gasteiger partial charge in [-0.05, 0) is 25.2 Å². The van der Waals surface area contributed by atoms with Crippen molar-refractivity contribution in [2.75, 3.05) is 32.8 Å². The van der Waals surface area contributed by atoms with Crippen molar-refractivity contribution in [2.24, 2.45) is 0 Å². The van der Waals surface area contributed by atoms with Gasteiger partial charge < -0.3 is 9.64 Å². The second-order valence-electron chi connectivity index (χ2n) is 3.80. The maximum Gasteiger partial charge on any atom is 0.139 e. The summed E-state index contributed by atoms with van der Waals surface area (Å²) in [7, 11) is 0. The predicted octanol–water partition coefficient (Wildman–Crippen LogP) is -0.0111. The molecule has 0 aromatic carbocycles. The molecule has 3 nitrogen and oxygen atoms in total. The first-order valence-electron chi connectivity index (χ1n) is 5.67. The molecule has 1 aliphatic rings. The first-order chi connectivity index (χ1) is 7.43. The summed E-state index contributed by atoms with van der Waals surface area (Å²) < 4.78 is 5.16. The third-order valence-corrected chi connectivity index (χ3v) is 2.56. The number of likely N-dealkylation sites (tertiary alicyclic amines) is 1. The Hall–Kier alpha value is -1.03. The Labute approximate surface area is 92.0 Å². The fraction of sp³-hybridized carbons (Fsp3) is 0.750. The maximum atomic E-state index is 8.27.